The molecule has 0 saturated carbocycles. The minimum absolute atomic E-state index is 0.00655. The molecule has 4 aromatic carbocycles. The first-order chi connectivity index (χ1) is 68.5. The Kier molecular flexibility index (Phi) is 42.0. The van der Waals surface area contributed by atoms with Gasteiger partial charge in [-0.05, 0) is 150 Å². The maximum atomic E-state index is 16.1. The molecule has 0 spiro atoms. The summed E-state index contributed by atoms with van der Waals surface area (Å²) in [5.41, 5.74) is 21.6. The summed E-state index contributed by atoms with van der Waals surface area (Å²) in [5.74, 6) is -20.4. The van der Waals surface area contributed by atoms with Gasteiger partial charge in [-0.15, -0.1) is 11.8 Å². The van der Waals surface area contributed by atoms with Crippen LogP contribution in [0.1, 0.15) is 177 Å². The lowest BCUT2D eigenvalue weighted by atomic mass is 9.88. The van der Waals surface area contributed by atoms with Crippen LogP contribution in [0.4, 0.5) is 0 Å². The van der Waals surface area contributed by atoms with Gasteiger partial charge in [0.2, 0.25) is 88.6 Å². The lowest BCUT2D eigenvalue weighted by Crippen LogP contribution is -2.60. The number of benzene rings is 4. The number of nitrogens with two attached hydrogens (primary N) is 3. The molecule has 6 heterocycles. The summed E-state index contributed by atoms with van der Waals surface area (Å²) in [4.78, 5) is 286. The molecular formula is C100H135N21O21S. The lowest BCUT2D eigenvalue weighted by Gasteiger charge is -2.36. The number of Topliss-reactive ketones (excluding diaryl/α,β-unsaturated/α-hetero) is 1. The monoisotopic (exact) mass is 2000 g/mol. The van der Waals surface area contributed by atoms with E-state index in [1.54, 1.807) is 30.6 Å². The number of primary amides is 1. The third kappa shape index (κ3) is 31.2. The van der Waals surface area contributed by atoms with Crippen molar-refractivity contribution in [1.29, 1.82) is 0 Å². The Bertz CT molecular complexity index is 5610. The molecule has 3 aromatic heterocycles. The smallest absolute Gasteiger partial charge is 0.305 e. The zero-order chi connectivity index (χ0) is 104. The number of hydrogen-bond donors (Lipinski definition) is 18. The van der Waals surface area contributed by atoms with Crippen LogP contribution in [0, 0.1) is 5.92 Å². The number of ketones is 1. The lowest BCUT2D eigenvalue weighted by molar-refractivity contribution is -0.149. The number of fused-ring (bicyclic) bond motifs is 4. The van der Waals surface area contributed by atoms with Crippen molar-refractivity contribution in [3.8, 4) is 5.75 Å². The Morgan fingerprint density at radius 2 is 1.06 bits per heavy atom. The zero-order valence-electron chi connectivity index (χ0n) is 81.5. The van der Waals surface area contributed by atoms with E-state index < -0.39 is 240 Å². The number of amides is 15. The number of para-hydroxylation sites is 2. The number of nitrogens with zero attached hydrogens (tertiary/aromatic N) is 6. The molecule has 7 aromatic rings. The number of likely N-dealkylation sites (N-methyl/N-ethyl adjacent to an activating group) is 3. The average Bonchev–Trinajstić information content (AvgIpc) is 1.64. The maximum Gasteiger partial charge on any atom is 0.305 e. The first kappa shape index (κ1) is 111. The fourth-order valence-corrected chi connectivity index (χ4v) is 19.2. The molecule has 0 unspecified atom stereocenters. The minimum Gasteiger partial charge on any atom is -0.508 e. The number of carboxylic acid groups (broad SMARTS) is 2. The summed E-state index contributed by atoms with van der Waals surface area (Å²) < 4.78 is 0. The Morgan fingerprint density at radius 1 is 0.510 bits per heavy atom. The average molecular weight is 2000 g/mol. The summed E-state index contributed by atoms with van der Waals surface area (Å²) in [5, 5.41) is 56.2. The van der Waals surface area contributed by atoms with Crippen LogP contribution in [0.25, 0.3) is 21.8 Å². The molecule has 0 bridgehead atoms. The predicted molar refractivity (Wildman–Crippen MR) is 530 cm³/mol. The van der Waals surface area contributed by atoms with Gasteiger partial charge < -0.3 is 120 Å². The van der Waals surface area contributed by atoms with Gasteiger partial charge in [0.25, 0.3) is 0 Å². The number of aromatic amines is 3. The van der Waals surface area contributed by atoms with Crippen molar-refractivity contribution < 1.29 is 102 Å². The third-order valence-electron chi connectivity index (χ3n) is 26.5. The van der Waals surface area contributed by atoms with Crippen LogP contribution in [-0.4, -0.2) is 310 Å². The van der Waals surface area contributed by atoms with Crippen molar-refractivity contribution in [3.63, 3.8) is 0 Å². The number of imidazole rings is 1. The van der Waals surface area contributed by atoms with Crippen molar-refractivity contribution in [3.05, 3.63) is 156 Å². The molecular weight excluding hydrogens is 1860 g/mol. The van der Waals surface area contributed by atoms with Crippen molar-refractivity contribution in [2.24, 2.45) is 23.1 Å². The van der Waals surface area contributed by atoms with Crippen molar-refractivity contribution in [2.45, 2.75) is 253 Å². The van der Waals surface area contributed by atoms with Gasteiger partial charge in [-0.2, -0.15) is 0 Å². The first-order valence-corrected chi connectivity index (χ1v) is 49.9. The van der Waals surface area contributed by atoms with Crippen LogP contribution in [-0.2, 0) is 112 Å². The van der Waals surface area contributed by atoms with Gasteiger partial charge in [0.15, 0.2) is 5.78 Å². The topological polar surface area (TPSA) is 631 Å². The van der Waals surface area contributed by atoms with Crippen molar-refractivity contribution in [1.82, 2.24) is 92.3 Å². The Labute approximate surface area is 832 Å². The second-order valence-electron chi connectivity index (χ2n) is 36.9. The van der Waals surface area contributed by atoms with Gasteiger partial charge in [-0.25, -0.2) is 4.98 Å². The standard InChI is InChI=1S/C100H135N21O21S/c1-7-9-31-79-94(136)111-72(38-39-86(126)127)92(134)116-78(90(132)107-53-84(103)124)55-143-56-85(125)109-75(43-59-34-36-66(122)37-35-59)96(138)117(4)58(3)88(130)114-77(49-87(128)129)99(141)120-42-22-33-80(120)95(137)113-74(48-65-52-104-57-108-65)93(135)112-73(30-19-21-41-102)98(140)121-54-64(60-23-12-11-13-24-60)46-82(121)83(123)47-61(44-62-50-105-69-27-16-14-25-67(62)69)89(131)110-71(29-18-20-40-101)91(133)115-76(45-63-51-106-70-28-17-15-26-68(63)70)97(139)119(6)81(32-10-8-2)100(142)118(79)5/h11-17,23-28,34-37,50-52,57-58,61,64,71-82,105-106,122H,7-10,18-22,29-33,38-49,53-56,101-102H2,1-6H3,(H2,103,124)(H,104,108)(H,107,132)(H,109,125)(H,110,131)(H,111,136)(H,112,135)(H,113,137)(H,114,130)(H,115,133)(H,116,134)(H,126,127)(H,128,129)/t58-,61+,64+,71-,72-,73-,74-,75-,76-,77-,78-,79-,80-,81-,82-/m0/s1. The maximum absolute atomic E-state index is 16.1. The molecule has 43 heteroatoms. The van der Waals surface area contributed by atoms with Gasteiger partial charge in [0, 0.05) is 124 Å². The van der Waals surface area contributed by atoms with Crippen LogP contribution >= 0.6 is 11.8 Å². The summed E-state index contributed by atoms with van der Waals surface area (Å²) >= 11 is 0.711. The number of nitrogens with one attached hydrogen (secondary N) is 12. The third-order valence-corrected chi connectivity index (χ3v) is 27.6. The molecule has 21 N–H and O–H groups in total. The van der Waals surface area contributed by atoms with Crippen LogP contribution in [0.15, 0.2) is 128 Å². The number of phenolic OH excluding ortho intramolecular Hbond substituents is 1. The number of carbonyl (C=O) groups is 18. The molecule has 143 heavy (non-hydrogen) atoms. The normalized spacial score (nSPS) is 24.1. The first-order valence-electron chi connectivity index (χ1n) is 48.7. The summed E-state index contributed by atoms with van der Waals surface area (Å²) in [7, 11) is 3.90. The van der Waals surface area contributed by atoms with E-state index in [9.17, 15) is 53.7 Å². The summed E-state index contributed by atoms with van der Waals surface area (Å²) in [6.45, 7) is 4.27. The number of aromatic hydroxyl groups is 1. The number of rotatable bonds is 31. The highest BCUT2D eigenvalue weighted by Crippen LogP contribution is 2.36. The Balaban J connectivity index is 1.06. The van der Waals surface area contributed by atoms with Gasteiger partial charge >= 0.3 is 11.9 Å². The molecule has 3 aliphatic rings. The molecule has 3 fully saturated rings. The number of carboxylic acids is 2. The van der Waals surface area contributed by atoms with E-state index in [0.29, 0.717) is 82.4 Å². The van der Waals surface area contributed by atoms with E-state index >= 15 is 47.9 Å². The number of H-pyrrole nitrogens is 3. The van der Waals surface area contributed by atoms with Gasteiger partial charge in [0.1, 0.15) is 78.3 Å². The van der Waals surface area contributed by atoms with E-state index in [4.69, 9.17) is 17.2 Å². The SMILES string of the molecule is CCCC[C@H]1C(=O)N(C)[C@@H](CCCC)C(=O)N[C@@H](CCC(=O)O)C(=O)N[C@H](C(=O)NCC(N)=O)CSCC(=O)N[C@@H](Cc2ccc(O)cc2)C(=O)N(C)[C@@H](C)C(=O)N[C@@H](CC(=O)O)C(=O)N2CCC[C@H]2C(=O)N[C@@H](Cc2c[nH]cn2)C(=O)N[C@@H](CCCCN)C(=O)N2C[C@H](c3ccccc3)C[C@H]2C(=O)C[C@@H](Cc2c[nH]c3ccccc23)C(=O)N[C@@H](CCCCN)C(=O)N[C@@H](Cc2c[nH]c3ccccc23)C(=O)N1C. The van der Waals surface area contributed by atoms with Crippen LogP contribution in [0.2, 0.25) is 0 Å². The van der Waals surface area contributed by atoms with Gasteiger partial charge in [-0.1, -0.05) is 118 Å². The quantitative estimate of drug-likeness (QED) is 0.0276. The van der Waals surface area contributed by atoms with Gasteiger partial charge in [0.05, 0.1) is 36.8 Å². The predicted octanol–water partition coefficient (Wildman–Crippen LogP) is 2.01. The highest BCUT2D eigenvalue weighted by atomic mass is 32.2. The molecule has 0 radical (unpaired) electrons. The van der Waals surface area contributed by atoms with Crippen LogP contribution in [0.5, 0.6) is 5.75 Å². The molecule has 15 amide bonds. The molecule has 10 rings (SSSR count). The van der Waals surface area contributed by atoms with E-state index in [0.717, 1.165) is 20.3 Å². The number of unbranched alkanes of at least 4 members (excludes halogenated alkanes) is 4. The zero-order valence-corrected chi connectivity index (χ0v) is 82.3. The Morgan fingerprint density at radius 3 is 1.69 bits per heavy atom. The number of phenols is 1. The number of thioether (sulfide) groups is 1. The van der Waals surface area contributed by atoms with E-state index in [1.807, 2.05) is 74.5 Å². The number of aromatic nitrogens is 4. The van der Waals surface area contributed by atoms with Gasteiger partial charge in [-0.3, -0.25) is 86.3 Å². The number of hydrogen-bond acceptors (Lipinski definition) is 23. The largest absolute Gasteiger partial charge is 0.508 e. The summed E-state index contributed by atoms with van der Waals surface area (Å²) in [6, 6.07) is 9.12. The fourth-order valence-electron chi connectivity index (χ4n) is 18.4. The Hall–Kier alpha value is -14.1. The molecule has 0 aliphatic carbocycles. The highest BCUT2D eigenvalue weighted by molar-refractivity contribution is 8.00. The minimum atomic E-state index is -1.91. The molecule has 15 atom stereocenters. The second-order valence-corrected chi connectivity index (χ2v) is 37.9. The van der Waals surface area contributed by atoms with Crippen LogP contribution in [0.3, 0.4) is 0 Å². The molecule has 772 valence electrons. The van der Waals surface area contributed by atoms with Crippen molar-refractivity contribution in [2.75, 3.05) is 65.4 Å². The van der Waals surface area contributed by atoms with E-state index in [2.05, 4.69) is 67.8 Å². The second kappa shape index (κ2) is 54.2. The van der Waals surface area contributed by atoms with Crippen LogP contribution < -0.4 is 65.1 Å². The molecule has 3 saturated heterocycles. The summed E-state index contributed by atoms with van der Waals surface area (Å²) in [6.07, 6.45) is 5.09. The number of aliphatic carboxylic acids is 2. The van der Waals surface area contributed by atoms with E-state index in [-0.39, 0.29) is 128 Å². The fraction of sp³-hybridized carbons (Fsp3) is 0.510. The highest BCUT2D eigenvalue weighted by Gasteiger charge is 2.47. The molecule has 42 nitrogen and oxygen atoms in total. The number of carbonyl (C=O) groups excluding carboxylic acids is 16. The van der Waals surface area contributed by atoms with Crippen molar-refractivity contribution >= 4 is 140 Å². The molecule has 3 aliphatic heterocycles. The van der Waals surface area contributed by atoms with E-state index in [1.165, 1.54) is 74.7 Å².